The summed E-state index contributed by atoms with van der Waals surface area (Å²) in [4.78, 5) is 2.53. The van der Waals surface area contributed by atoms with Gasteiger partial charge in [-0.1, -0.05) is 20.8 Å². The maximum absolute atomic E-state index is 9.52. The van der Waals surface area contributed by atoms with Crippen LogP contribution in [-0.2, 0) is 0 Å². The van der Waals surface area contributed by atoms with E-state index >= 15 is 0 Å². The largest absolute Gasteiger partial charge is 0.303 e. The van der Waals surface area contributed by atoms with E-state index in [1.807, 2.05) is 0 Å². The van der Waals surface area contributed by atoms with Crippen molar-refractivity contribution in [3.63, 3.8) is 0 Å². The Morgan fingerprint density at radius 1 is 1.24 bits per heavy atom. The number of hydrogen-bond donors (Lipinski definition) is 1. The fraction of sp³-hybridized carbons (Fsp3) is 0.944. The number of hydrogen-bond acceptors (Lipinski definition) is 3. The monoisotopic (exact) mass is 293 g/mol. The summed E-state index contributed by atoms with van der Waals surface area (Å²) in [6.07, 6.45) is 9.52. The highest BCUT2D eigenvalue weighted by molar-refractivity contribution is 5.06. The van der Waals surface area contributed by atoms with Crippen LogP contribution in [0, 0.1) is 17.2 Å². The average Bonchev–Trinajstić information content (AvgIpc) is 2.51. The highest BCUT2D eigenvalue weighted by atomic mass is 15.1. The average molecular weight is 293 g/mol. The standard InChI is InChI=1S/C18H35N3/c1-5-13-20-18(6-2,15-19)12-7-14-21(4)17-10-8-16(3)9-11-17/h16-17,20H,5-14H2,1-4H3. The van der Waals surface area contributed by atoms with Crippen molar-refractivity contribution in [3.8, 4) is 6.07 Å². The molecule has 0 bridgehead atoms. The predicted molar refractivity (Wildman–Crippen MR) is 90.2 cm³/mol. The van der Waals surface area contributed by atoms with Gasteiger partial charge in [0.25, 0.3) is 0 Å². The Balaban J connectivity index is 2.34. The molecule has 1 saturated carbocycles. The summed E-state index contributed by atoms with van der Waals surface area (Å²) in [5.41, 5.74) is -0.308. The van der Waals surface area contributed by atoms with E-state index in [9.17, 15) is 5.26 Å². The van der Waals surface area contributed by atoms with Crippen molar-refractivity contribution in [3.05, 3.63) is 0 Å². The molecule has 3 nitrogen and oxygen atoms in total. The Morgan fingerprint density at radius 2 is 1.90 bits per heavy atom. The van der Waals surface area contributed by atoms with Gasteiger partial charge >= 0.3 is 0 Å². The molecule has 3 heteroatoms. The molecule has 0 heterocycles. The molecule has 1 unspecified atom stereocenters. The summed E-state index contributed by atoms with van der Waals surface area (Å²) < 4.78 is 0. The third-order valence-electron chi connectivity index (χ3n) is 5.25. The minimum atomic E-state index is -0.308. The van der Waals surface area contributed by atoms with E-state index in [1.165, 1.54) is 25.7 Å². The molecule has 1 aliphatic rings. The second-order valence-corrected chi connectivity index (χ2v) is 6.97. The van der Waals surface area contributed by atoms with Gasteiger partial charge in [0, 0.05) is 6.04 Å². The van der Waals surface area contributed by atoms with Crippen LogP contribution in [0.4, 0.5) is 0 Å². The first kappa shape index (κ1) is 18.5. The van der Waals surface area contributed by atoms with Gasteiger partial charge in [-0.05, 0) is 77.4 Å². The van der Waals surface area contributed by atoms with E-state index in [1.54, 1.807) is 0 Å². The van der Waals surface area contributed by atoms with Crippen molar-refractivity contribution in [2.75, 3.05) is 20.1 Å². The molecular formula is C18H35N3. The molecule has 1 rings (SSSR count). The fourth-order valence-electron chi connectivity index (χ4n) is 3.42. The van der Waals surface area contributed by atoms with Gasteiger partial charge in [0.2, 0.25) is 0 Å². The Kier molecular flexibility index (Phi) is 8.29. The van der Waals surface area contributed by atoms with Crippen LogP contribution >= 0.6 is 0 Å². The van der Waals surface area contributed by atoms with Crippen LogP contribution in [0.2, 0.25) is 0 Å². The maximum Gasteiger partial charge on any atom is 0.106 e. The molecule has 21 heavy (non-hydrogen) atoms. The van der Waals surface area contributed by atoms with Crippen molar-refractivity contribution < 1.29 is 0 Å². The zero-order valence-corrected chi connectivity index (χ0v) is 14.6. The van der Waals surface area contributed by atoms with Crippen LogP contribution in [0.3, 0.4) is 0 Å². The van der Waals surface area contributed by atoms with Crippen molar-refractivity contribution in [1.82, 2.24) is 10.2 Å². The summed E-state index contributed by atoms with van der Waals surface area (Å²) in [7, 11) is 2.26. The zero-order chi connectivity index (χ0) is 15.7. The van der Waals surface area contributed by atoms with Crippen LogP contribution in [0.25, 0.3) is 0 Å². The van der Waals surface area contributed by atoms with Gasteiger partial charge in [0.15, 0.2) is 0 Å². The van der Waals surface area contributed by atoms with Crippen LogP contribution in [-0.4, -0.2) is 36.6 Å². The lowest BCUT2D eigenvalue weighted by molar-refractivity contribution is 0.164. The molecule has 1 fully saturated rings. The SMILES string of the molecule is CCCNC(C#N)(CC)CCCN(C)C1CCC(C)CC1. The third-order valence-corrected chi connectivity index (χ3v) is 5.25. The third kappa shape index (κ3) is 5.96. The molecule has 122 valence electrons. The van der Waals surface area contributed by atoms with Gasteiger partial charge in [-0.3, -0.25) is 5.32 Å². The van der Waals surface area contributed by atoms with Gasteiger partial charge in [-0.15, -0.1) is 0 Å². The molecule has 0 saturated heterocycles. The predicted octanol–water partition coefficient (Wildman–Crippen LogP) is 3.95. The van der Waals surface area contributed by atoms with E-state index in [-0.39, 0.29) is 5.54 Å². The molecular weight excluding hydrogens is 258 g/mol. The van der Waals surface area contributed by atoms with Crippen molar-refractivity contribution >= 4 is 0 Å². The van der Waals surface area contributed by atoms with Crippen LogP contribution in [0.1, 0.15) is 72.1 Å². The molecule has 1 N–H and O–H groups in total. The summed E-state index contributed by atoms with van der Waals surface area (Å²) >= 11 is 0. The van der Waals surface area contributed by atoms with E-state index in [2.05, 4.69) is 44.1 Å². The molecule has 0 radical (unpaired) electrons. The number of nitrogens with one attached hydrogen (secondary N) is 1. The minimum Gasteiger partial charge on any atom is -0.303 e. The summed E-state index contributed by atoms with van der Waals surface area (Å²) in [5, 5.41) is 13.0. The molecule has 0 aromatic heterocycles. The van der Waals surface area contributed by atoms with E-state index < -0.39 is 0 Å². The minimum absolute atomic E-state index is 0.308. The molecule has 0 spiro atoms. The Bertz CT molecular complexity index is 315. The van der Waals surface area contributed by atoms with E-state index in [4.69, 9.17) is 0 Å². The molecule has 0 amide bonds. The van der Waals surface area contributed by atoms with Crippen molar-refractivity contribution in [1.29, 1.82) is 5.26 Å². The number of rotatable bonds is 9. The molecule has 1 aliphatic carbocycles. The smallest absolute Gasteiger partial charge is 0.106 e. The number of nitriles is 1. The van der Waals surface area contributed by atoms with Crippen LogP contribution < -0.4 is 5.32 Å². The quantitative estimate of drug-likeness (QED) is 0.699. The summed E-state index contributed by atoms with van der Waals surface area (Å²) in [5.74, 6) is 0.916. The van der Waals surface area contributed by atoms with Gasteiger partial charge < -0.3 is 4.90 Å². The van der Waals surface area contributed by atoms with Crippen LogP contribution in [0.5, 0.6) is 0 Å². The fourth-order valence-corrected chi connectivity index (χ4v) is 3.42. The van der Waals surface area contributed by atoms with Gasteiger partial charge in [-0.2, -0.15) is 5.26 Å². The summed E-state index contributed by atoms with van der Waals surface area (Å²) in [6, 6.07) is 3.30. The normalized spacial score (nSPS) is 25.5. The second-order valence-electron chi connectivity index (χ2n) is 6.97. The first-order valence-corrected chi connectivity index (χ1v) is 8.93. The first-order chi connectivity index (χ1) is 10.1. The molecule has 1 atom stereocenters. The Hall–Kier alpha value is -0.590. The lowest BCUT2D eigenvalue weighted by atomic mass is 9.86. The molecule has 0 aliphatic heterocycles. The Morgan fingerprint density at radius 3 is 2.43 bits per heavy atom. The van der Waals surface area contributed by atoms with Gasteiger partial charge in [0.1, 0.15) is 5.54 Å². The van der Waals surface area contributed by atoms with Gasteiger partial charge in [-0.25, -0.2) is 0 Å². The lowest BCUT2D eigenvalue weighted by Crippen LogP contribution is -2.44. The van der Waals surface area contributed by atoms with Crippen molar-refractivity contribution in [2.45, 2.75) is 83.7 Å². The first-order valence-electron chi connectivity index (χ1n) is 8.93. The van der Waals surface area contributed by atoms with E-state index in [0.29, 0.717) is 0 Å². The number of nitrogens with zero attached hydrogens (tertiary/aromatic N) is 2. The lowest BCUT2D eigenvalue weighted by Gasteiger charge is -2.34. The summed E-state index contributed by atoms with van der Waals surface area (Å²) in [6.45, 7) is 8.72. The van der Waals surface area contributed by atoms with E-state index in [0.717, 1.165) is 50.7 Å². The van der Waals surface area contributed by atoms with Gasteiger partial charge in [0.05, 0.1) is 6.07 Å². The highest BCUT2D eigenvalue weighted by Crippen LogP contribution is 2.27. The molecule has 0 aromatic carbocycles. The van der Waals surface area contributed by atoms with Crippen LogP contribution in [0.15, 0.2) is 0 Å². The molecule has 0 aromatic rings. The van der Waals surface area contributed by atoms with Crippen molar-refractivity contribution in [2.24, 2.45) is 5.92 Å². The highest BCUT2D eigenvalue weighted by Gasteiger charge is 2.27. The Labute approximate surface area is 132 Å². The second kappa shape index (κ2) is 9.43. The topological polar surface area (TPSA) is 39.1 Å². The zero-order valence-electron chi connectivity index (χ0n) is 14.6. The maximum atomic E-state index is 9.52.